The molecule has 0 unspecified atom stereocenters. The summed E-state index contributed by atoms with van der Waals surface area (Å²) in [5.74, 6) is 1.92. The van der Waals surface area contributed by atoms with Gasteiger partial charge >= 0.3 is 0 Å². The summed E-state index contributed by atoms with van der Waals surface area (Å²) in [6.45, 7) is 4.40. The Hall–Kier alpha value is -4.19. The third kappa shape index (κ3) is 4.91. The number of carbonyl (C=O) groups excluding carboxylic acids is 1. The zero-order valence-corrected chi connectivity index (χ0v) is 19.7. The Morgan fingerprint density at radius 3 is 2.50 bits per heavy atom. The lowest BCUT2D eigenvalue weighted by Crippen LogP contribution is -2.08. The van der Waals surface area contributed by atoms with Crippen LogP contribution in [0.2, 0.25) is 0 Å². The fourth-order valence-electron chi connectivity index (χ4n) is 3.80. The molecule has 0 aliphatic heterocycles. The summed E-state index contributed by atoms with van der Waals surface area (Å²) in [5.41, 5.74) is 4.87. The molecule has 1 N–H and O–H groups in total. The molecule has 6 heteroatoms. The van der Waals surface area contributed by atoms with E-state index in [9.17, 15) is 4.79 Å². The first kappa shape index (κ1) is 23.0. The number of fused-ring (bicyclic) bond motifs is 1. The second-order valence-electron chi connectivity index (χ2n) is 7.70. The van der Waals surface area contributed by atoms with Gasteiger partial charge in [-0.05, 0) is 67.4 Å². The van der Waals surface area contributed by atoms with Crippen molar-refractivity contribution in [2.45, 2.75) is 13.8 Å². The predicted octanol–water partition coefficient (Wildman–Crippen LogP) is 6.56. The van der Waals surface area contributed by atoms with E-state index in [1.165, 1.54) is 0 Å². The van der Waals surface area contributed by atoms with E-state index in [-0.39, 0.29) is 5.91 Å². The molecule has 0 radical (unpaired) electrons. The molecule has 0 aliphatic carbocycles. The molecule has 1 aromatic heterocycles. The van der Waals surface area contributed by atoms with Gasteiger partial charge in [-0.1, -0.05) is 12.1 Å². The number of carbonyl (C=O) groups is 1. The smallest absolute Gasteiger partial charge is 0.248 e. The minimum Gasteiger partial charge on any atom is -0.497 e. The highest BCUT2D eigenvalue weighted by Crippen LogP contribution is 2.38. The normalized spacial score (nSPS) is 11.4. The quantitative estimate of drug-likeness (QED) is 0.304. The number of ether oxygens (including phenoxy) is 3. The standard InChI is InChI=1S/C28H27NO5/c1-5-33-21-11-9-20(10-12-21)29-28(30)13-18(2)23-15-24-25(17-34-27(24)16-26(23)32-4)19-7-6-8-22(14-19)31-3/h6-17H,5H2,1-4H3,(H,29,30)/b18-13+. The van der Waals surface area contributed by atoms with Gasteiger partial charge in [0.25, 0.3) is 0 Å². The second kappa shape index (κ2) is 10.2. The molecule has 1 heterocycles. The zero-order valence-electron chi connectivity index (χ0n) is 19.7. The van der Waals surface area contributed by atoms with E-state index in [4.69, 9.17) is 18.6 Å². The van der Waals surface area contributed by atoms with Crippen molar-refractivity contribution in [3.63, 3.8) is 0 Å². The summed E-state index contributed by atoms with van der Waals surface area (Å²) in [7, 11) is 3.24. The van der Waals surface area contributed by atoms with E-state index in [1.54, 1.807) is 26.6 Å². The Balaban J connectivity index is 1.65. The monoisotopic (exact) mass is 457 g/mol. The van der Waals surface area contributed by atoms with Crippen molar-refractivity contribution in [2.24, 2.45) is 0 Å². The van der Waals surface area contributed by atoms with Crippen LogP contribution in [-0.2, 0) is 4.79 Å². The Bertz CT molecular complexity index is 1330. The van der Waals surface area contributed by atoms with E-state index in [1.807, 2.05) is 74.5 Å². The van der Waals surface area contributed by atoms with Crippen LogP contribution >= 0.6 is 0 Å². The summed E-state index contributed by atoms with van der Waals surface area (Å²) < 4.78 is 22.2. The average Bonchev–Trinajstić information content (AvgIpc) is 3.27. The van der Waals surface area contributed by atoms with E-state index in [0.717, 1.165) is 39.1 Å². The van der Waals surface area contributed by atoms with Crippen LogP contribution in [0.3, 0.4) is 0 Å². The first-order valence-corrected chi connectivity index (χ1v) is 11.0. The number of hydrogen-bond acceptors (Lipinski definition) is 5. The van der Waals surface area contributed by atoms with Gasteiger partial charge in [-0.3, -0.25) is 4.79 Å². The minimum atomic E-state index is -0.232. The molecule has 4 rings (SSSR count). The lowest BCUT2D eigenvalue weighted by atomic mass is 9.99. The van der Waals surface area contributed by atoms with Crippen LogP contribution in [0.25, 0.3) is 27.7 Å². The van der Waals surface area contributed by atoms with E-state index >= 15 is 0 Å². The molecular weight excluding hydrogens is 430 g/mol. The summed E-state index contributed by atoms with van der Waals surface area (Å²) in [6.07, 6.45) is 3.28. The van der Waals surface area contributed by atoms with Crippen molar-refractivity contribution < 1.29 is 23.4 Å². The Morgan fingerprint density at radius 2 is 1.79 bits per heavy atom. The topological polar surface area (TPSA) is 69.9 Å². The summed E-state index contributed by atoms with van der Waals surface area (Å²) in [6, 6.07) is 18.9. The van der Waals surface area contributed by atoms with Crippen LogP contribution in [0, 0.1) is 0 Å². The maximum absolute atomic E-state index is 12.7. The first-order valence-electron chi connectivity index (χ1n) is 11.0. The van der Waals surface area contributed by atoms with Crippen molar-refractivity contribution in [1.29, 1.82) is 0 Å². The van der Waals surface area contributed by atoms with Gasteiger partial charge in [0.2, 0.25) is 5.91 Å². The van der Waals surface area contributed by atoms with Gasteiger partial charge in [-0.25, -0.2) is 0 Å². The van der Waals surface area contributed by atoms with Gasteiger partial charge in [0.05, 0.1) is 27.1 Å². The number of allylic oxidation sites excluding steroid dienone is 1. The van der Waals surface area contributed by atoms with E-state index in [2.05, 4.69) is 5.32 Å². The third-order valence-electron chi connectivity index (χ3n) is 5.48. The van der Waals surface area contributed by atoms with Gasteiger partial charge in [0.1, 0.15) is 22.8 Å². The summed E-state index contributed by atoms with van der Waals surface area (Å²) in [5, 5.41) is 3.81. The van der Waals surface area contributed by atoms with Gasteiger partial charge < -0.3 is 23.9 Å². The van der Waals surface area contributed by atoms with Crippen LogP contribution < -0.4 is 19.5 Å². The maximum atomic E-state index is 12.7. The highest BCUT2D eigenvalue weighted by atomic mass is 16.5. The van der Waals surface area contributed by atoms with Gasteiger partial charge in [0, 0.05) is 34.3 Å². The van der Waals surface area contributed by atoms with Crippen LogP contribution in [0.1, 0.15) is 19.4 Å². The lowest BCUT2D eigenvalue weighted by molar-refractivity contribution is -0.111. The number of benzene rings is 3. The number of anilines is 1. The number of rotatable bonds is 8. The molecule has 0 saturated heterocycles. The summed E-state index contributed by atoms with van der Waals surface area (Å²) in [4.78, 5) is 12.7. The second-order valence-corrected chi connectivity index (χ2v) is 7.70. The average molecular weight is 458 g/mol. The minimum absolute atomic E-state index is 0.232. The number of amides is 1. The molecule has 0 fully saturated rings. The molecule has 34 heavy (non-hydrogen) atoms. The largest absolute Gasteiger partial charge is 0.497 e. The van der Waals surface area contributed by atoms with Crippen molar-refractivity contribution in [2.75, 3.05) is 26.1 Å². The molecule has 0 spiro atoms. The maximum Gasteiger partial charge on any atom is 0.248 e. The Kier molecular flexibility index (Phi) is 6.87. The molecule has 1 amide bonds. The molecule has 4 aromatic rings. The molecule has 174 valence electrons. The van der Waals surface area contributed by atoms with Crippen molar-refractivity contribution in [3.05, 3.63) is 78.6 Å². The fraction of sp³-hybridized carbons (Fsp3) is 0.179. The van der Waals surface area contributed by atoms with E-state index in [0.29, 0.717) is 23.6 Å². The summed E-state index contributed by atoms with van der Waals surface area (Å²) >= 11 is 0. The number of nitrogens with one attached hydrogen (secondary N) is 1. The SMILES string of the molecule is CCOc1ccc(NC(=O)/C=C(\C)c2cc3c(-c4cccc(OC)c4)coc3cc2OC)cc1. The Morgan fingerprint density at radius 1 is 1.00 bits per heavy atom. The first-order chi connectivity index (χ1) is 16.5. The van der Waals surface area contributed by atoms with Gasteiger partial charge in [-0.15, -0.1) is 0 Å². The van der Waals surface area contributed by atoms with Crippen LogP contribution in [0.15, 0.2) is 77.4 Å². The fourth-order valence-corrected chi connectivity index (χ4v) is 3.80. The lowest BCUT2D eigenvalue weighted by Gasteiger charge is -2.11. The Labute approximate surface area is 198 Å². The number of furan rings is 1. The molecule has 0 bridgehead atoms. The van der Waals surface area contributed by atoms with Crippen molar-refractivity contribution in [1.82, 2.24) is 0 Å². The molecule has 0 saturated carbocycles. The number of methoxy groups -OCH3 is 2. The predicted molar refractivity (Wildman–Crippen MR) is 135 cm³/mol. The molecular formula is C28H27NO5. The van der Waals surface area contributed by atoms with Crippen molar-refractivity contribution in [3.8, 4) is 28.4 Å². The van der Waals surface area contributed by atoms with Crippen molar-refractivity contribution >= 4 is 28.1 Å². The highest BCUT2D eigenvalue weighted by Gasteiger charge is 2.15. The molecule has 6 nitrogen and oxygen atoms in total. The molecule has 0 atom stereocenters. The van der Waals surface area contributed by atoms with E-state index < -0.39 is 0 Å². The van der Waals surface area contributed by atoms with Gasteiger partial charge in [0.15, 0.2) is 0 Å². The number of hydrogen-bond donors (Lipinski definition) is 1. The van der Waals surface area contributed by atoms with Gasteiger partial charge in [-0.2, -0.15) is 0 Å². The van der Waals surface area contributed by atoms with Crippen LogP contribution in [0.5, 0.6) is 17.2 Å². The molecule has 3 aromatic carbocycles. The highest BCUT2D eigenvalue weighted by molar-refractivity contribution is 6.05. The van der Waals surface area contributed by atoms with Crippen LogP contribution in [0.4, 0.5) is 5.69 Å². The van der Waals surface area contributed by atoms with Crippen LogP contribution in [-0.4, -0.2) is 26.7 Å². The third-order valence-corrected chi connectivity index (χ3v) is 5.48. The molecule has 0 aliphatic rings. The zero-order chi connectivity index (χ0) is 24.1.